The van der Waals surface area contributed by atoms with Crippen LogP contribution in [0.4, 0.5) is 48.3 Å². The van der Waals surface area contributed by atoms with Gasteiger partial charge in [-0.05, 0) is 183 Å². The van der Waals surface area contributed by atoms with E-state index in [9.17, 15) is 58.5 Å². The van der Waals surface area contributed by atoms with E-state index < -0.39 is 84.6 Å². The summed E-state index contributed by atoms with van der Waals surface area (Å²) >= 11 is 0. The highest BCUT2D eigenvalue weighted by Crippen LogP contribution is 2.46. The van der Waals surface area contributed by atoms with E-state index in [0.29, 0.717) is 29.5 Å². The molecule has 2 saturated heterocycles. The van der Waals surface area contributed by atoms with Crippen molar-refractivity contribution in [3.05, 3.63) is 128 Å². The number of hydrogen-bond acceptors (Lipinski definition) is 6. The van der Waals surface area contributed by atoms with Crippen molar-refractivity contribution < 1.29 is 77.1 Å². The maximum atomic E-state index is 13.1. The van der Waals surface area contributed by atoms with Gasteiger partial charge >= 0.3 is 38.4 Å². The summed E-state index contributed by atoms with van der Waals surface area (Å²) in [6.07, 6.45) is -19.9. The van der Waals surface area contributed by atoms with E-state index in [1.807, 2.05) is 119 Å². The van der Waals surface area contributed by atoms with Gasteiger partial charge in [-0.15, -0.1) is 0 Å². The normalized spacial score (nSPS) is 18.3. The number of aliphatic hydroxyl groups is 2. The molecule has 2 fully saturated rings. The Kier molecular flexibility index (Phi) is 18.8. The van der Waals surface area contributed by atoms with Crippen molar-refractivity contribution in [2.45, 2.75) is 219 Å². The molecule has 0 saturated carbocycles. The summed E-state index contributed by atoms with van der Waals surface area (Å²) in [5.41, 5.74) is -2.51. The summed E-state index contributed by atoms with van der Waals surface area (Å²) in [4.78, 5) is 0. The smallest absolute Gasteiger partial charge is 0.399 e. The first-order valence-corrected chi connectivity index (χ1v) is 26.6. The number of halogens is 11. The lowest BCUT2D eigenvalue weighted by Gasteiger charge is -2.34. The zero-order valence-electron chi connectivity index (χ0n) is 48.1. The Hall–Kier alpha value is -4.44. The van der Waals surface area contributed by atoms with E-state index in [-0.39, 0.29) is 17.4 Å². The SMILES string of the molecule is CCC(CC)(c1ccc(C#CC(O)(C(F)(F)F)C(F)(F)F)c(C)c1)c1ccc(B2OC(C)(C)C(C)(C)O2)c(C)c1.CCC(CC)(c1ccc(CCC(O)(C(F)F)C(F)(F)F)c(C)c1)c1ccc(B2OC(C)(C)C(C)(C)O2)c(C)c1. The van der Waals surface area contributed by atoms with Crippen LogP contribution >= 0.6 is 0 Å². The fourth-order valence-electron chi connectivity index (χ4n) is 10.4. The summed E-state index contributed by atoms with van der Waals surface area (Å²) in [6, 6.07) is 22.6. The number of aryl methyl sites for hydroxylation is 5. The van der Waals surface area contributed by atoms with Crippen LogP contribution in [-0.4, -0.2) is 83.0 Å². The highest BCUT2D eigenvalue weighted by atomic mass is 19.4. The van der Waals surface area contributed by atoms with Crippen molar-refractivity contribution in [1.29, 1.82) is 0 Å². The van der Waals surface area contributed by atoms with Crippen LogP contribution in [0.5, 0.6) is 0 Å². The van der Waals surface area contributed by atoms with Crippen LogP contribution in [0.3, 0.4) is 0 Å². The van der Waals surface area contributed by atoms with Gasteiger partial charge in [0.1, 0.15) is 0 Å². The van der Waals surface area contributed by atoms with E-state index in [1.54, 1.807) is 32.0 Å². The molecular formula is C60H75B2F11O6. The fourth-order valence-corrected chi connectivity index (χ4v) is 10.4. The molecule has 4 aromatic carbocycles. The standard InChI is InChI=1S/C30H35BF6O3.C30H40BF5O3/c1-9-27(10-2,23-13-14-24(20(4)18-23)31-39-25(5,6)26(7,8)40-31)22-12-11-21(19(3)17-22)15-16-28(38,29(32,33)34)30(35,36)37;1-9-28(10-2,23-13-14-24(20(4)18-23)31-38-26(5,6)27(7,8)39-31)22-12-11-21(19(3)17-22)15-16-29(37,25(32)33)30(34,35)36/h11-14,17-18,38H,9-10H2,1-8H3;11-14,17-18,25,37H,9-10,15-16H2,1-8H3. The zero-order valence-corrected chi connectivity index (χ0v) is 48.1. The van der Waals surface area contributed by atoms with Crippen LogP contribution < -0.4 is 10.9 Å². The topological polar surface area (TPSA) is 77.4 Å². The molecule has 0 aromatic heterocycles. The third-order valence-corrected chi connectivity index (χ3v) is 17.6. The minimum Gasteiger partial charge on any atom is -0.399 e. The molecular weight excluding hydrogens is 1050 g/mol. The van der Waals surface area contributed by atoms with E-state index in [0.717, 1.165) is 63.1 Å². The van der Waals surface area contributed by atoms with Crippen molar-refractivity contribution in [3.63, 3.8) is 0 Å². The first kappa shape index (κ1) is 65.4. The highest BCUT2D eigenvalue weighted by Gasteiger charge is 2.70. The van der Waals surface area contributed by atoms with Crippen LogP contribution in [0.25, 0.3) is 0 Å². The lowest BCUT2D eigenvalue weighted by atomic mass is 9.67. The van der Waals surface area contributed by atoms with Gasteiger partial charge in [0.2, 0.25) is 5.60 Å². The molecule has 79 heavy (non-hydrogen) atoms. The predicted molar refractivity (Wildman–Crippen MR) is 288 cm³/mol. The molecule has 0 bridgehead atoms. The average molecular weight is 1120 g/mol. The van der Waals surface area contributed by atoms with Gasteiger partial charge in [-0.3, -0.25) is 0 Å². The van der Waals surface area contributed by atoms with Gasteiger partial charge in [0, 0.05) is 16.4 Å². The van der Waals surface area contributed by atoms with Crippen LogP contribution in [0.2, 0.25) is 0 Å². The van der Waals surface area contributed by atoms with Crippen molar-refractivity contribution in [1.82, 2.24) is 0 Å². The van der Waals surface area contributed by atoms with Gasteiger partial charge in [-0.1, -0.05) is 111 Å². The summed E-state index contributed by atoms with van der Waals surface area (Å²) in [5.74, 6) is 2.95. The van der Waals surface area contributed by atoms with Crippen LogP contribution in [-0.2, 0) is 35.9 Å². The Morgan fingerprint density at radius 2 is 0.810 bits per heavy atom. The van der Waals surface area contributed by atoms with E-state index in [1.165, 1.54) is 6.07 Å². The molecule has 2 N–H and O–H groups in total. The highest BCUT2D eigenvalue weighted by molar-refractivity contribution is 6.63. The van der Waals surface area contributed by atoms with Gasteiger partial charge in [0.15, 0.2) is 0 Å². The Morgan fingerprint density at radius 3 is 1.10 bits per heavy atom. The number of hydrogen-bond donors (Lipinski definition) is 2. The molecule has 0 radical (unpaired) electrons. The Balaban J connectivity index is 0.000000291. The van der Waals surface area contributed by atoms with Gasteiger partial charge in [-0.25, -0.2) is 8.78 Å². The molecule has 4 aromatic rings. The Morgan fingerprint density at radius 1 is 0.481 bits per heavy atom. The van der Waals surface area contributed by atoms with Gasteiger partial charge < -0.3 is 28.8 Å². The summed E-state index contributed by atoms with van der Waals surface area (Å²) in [5, 5.41) is 19.1. The minimum atomic E-state index is -6.00. The lowest BCUT2D eigenvalue weighted by molar-refractivity contribution is -0.343. The first-order chi connectivity index (χ1) is 36.0. The molecule has 2 heterocycles. The quantitative estimate of drug-likeness (QED) is 0.0744. The molecule has 19 heteroatoms. The van der Waals surface area contributed by atoms with Gasteiger partial charge in [0.25, 0.3) is 6.43 Å². The number of rotatable bonds is 14. The van der Waals surface area contributed by atoms with Crippen LogP contribution in [0, 0.1) is 39.5 Å². The summed E-state index contributed by atoms with van der Waals surface area (Å²) in [7, 11) is -1.00. The Labute approximate surface area is 459 Å². The maximum absolute atomic E-state index is 13.1. The predicted octanol–water partition coefficient (Wildman–Crippen LogP) is 14.1. The average Bonchev–Trinajstić information content (AvgIpc) is 3.74. The molecule has 434 valence electrons. The second kappa shape index (κ2) is 22.7. The fraction of sp³-hybridized carbons (Fsp3) is 0.567. The second-order valence-electron chi connectivity index (χ2n) is 23.2. The van der Waals surface area contributed by atoms with Gasteiger partial charge in [-0.2, -0.15) is 39.5 Å². The lowest BCUT2D eigenvalue weighted by Crippen LogP contribution is -2.55. The molecule has 0 amide bonds. The molecule has 0 spiro atoms. The summed E-state index contributed by atoms with van der Waals surface area (Å²) < 4.78 is 169. The molecule has 2 aliphatic rings. The van der Waals surface area contributed by atoms with E-state index in [2.05, 4.69) is 32.0 Å². The maximum Gasteiger partial charge on any atom is 0.495 e. The van der Waals surface area contributed by atoms with Crippen molar-refractivity contribution in [3.8, 4) is 11.8 Å². The van der Waals surface area contributed by atoms with Gasteiger partial charge in [0.05, 0.1) is 22.4 Å². The van der Waals surface area contributed by atoms with E-state index in [4.69, 9.17) is 18.6 Å². The third-order valence-electron chi connectivity index (χ3n) is 17.6. The molecule has 2 aliphatic heterocycles. The number of benzene rings is 4. The molecule has 1 unspecified atom stereocenters. The van der Waals surface area contributed by atoms with Crippen molar-refractivity contribution in [2.24, 2.45) is 0 Å². The first-order valence-electron chi connectivity index (χ1n) is 26.6. The Bertz CT molecular complexity index is 2830. The van der Waals surface area contributed by atoms with Crippen molar-refractivity contribution in [2.75, 3.05) is 0 Å². The van der Waals surface area contributed by atoms with Crippen molar-refractivity contribution >= 4 is 25.2 Å². The molecule has 1 atom stereocenters. The molecule has 0 aliphatic carbocycles. The number of alkyl halides is 11. The third kappa shape index (κ3) is 12.4. The molecule has 6 rings (SSSR count). The van der Waals surface area contributed by atoms with E-state index >= 15 is 0 Å². The van der Waals surface area contributed by atoms with Crippen LogP contribution in [0.15, 0.2) is 72.8 Å². The van der Waals surface area contributed by atoms with Crippen LogP contribution in [0.1, 0.15) is 171 Å². The second-order valence-corrected chi connectivity index (χ2v) is 23.2. The molecule has 6 nitrogen and oxygen atoms in total. The zero-order chi connectivity index (χ0) is 60.1. The minimum absolute atomic E-state index is 0.0379. The summed E-state index contributed by atoms with van der Waals surface area (Å²) in [6.45, 7) is 31.6. The largest absolute Gasteiger partial charge is 0.495 e. The monoisotopic (exact) mass is 1120 g/mol.